The van der Waals surface area contributed by atoms with Crippen molar-refractivity contribution in [2.75, 3.05) is 38.7 Å². The molecule has 1 fully saturated rings. The van der Waals surface area contributed by atoms with Crippen LogP contribution >= 0.6 is 11.6 Å². The number of nitrogens with one attached hydrogen (secondary N) is 1. The van der Waals surface area contributed by atoms with Crippen LogP contribution in [0.3, 0.4) is 0 Å². The monoisotopic (exact) mass is 401 g/mol. The highest BCUT2D eigenvalue weighted by Gasteiger charge is 2.23. The molecular weight excluding hydrogens is 378 g/mol. The molecule has 148 valence electrons. The van der Waals surface area contributed by atoms with Gasteiger partial charge in [0, 0.05) is 25.2 Å². The lowest BCUT2D eigenvalue weighted by Crippen LogP contribution is -2.41. The van der Waals surface area contributed by atoms with Crippen molar-refractivity contribution in [1.29, 1.82) is 0 Å². The summed E-state index contributed by atoms with van der Waals surface area (Å²) in [6.45, 7) is 4.10. The van der Waals surface area contributed by atoms with Gasteiger partial charge in [0.2, 0.25) is 0 Å². The van der Waals surface area contributed by atoms with E-state index in [2.05, 4.69) is 5.32 Å². The molecule has 1 aliphatic rings. The molecule has 6 nitrogen and oxygen atoms in total. The number of benzene rings is 2. The number of para-hydroxylation sites is 1. The first-order valence-corrected chi connectivity index (χ1v) is 9.60. The zero-order valence-corrected chi connectivity index (χ0v) is 16.8. The third-order valence-corrected chi connectivity index (χ3v) is 5.20. The van der Waals surface area contributed by atoms with Crippen molar-refractivity contribution in [3.05, 3.63) is 64.7 Å². The quantitative estimate of drug-likeness (QED) is 0.841. The summed E-state index contributed by atoms with van der Waals surface area (Å²) in [5, 5.41) is 3.53. The fraction of sp³-hybridized carbons (Fsp3) is 0.333. The summed E-state index contributed by atoms with van der Waals surface area (Å²) >= 11 is 5.94. The molecule has 0 saturated carbocycles. The van der Waals surface area contributed by atoms with Crippen molar-refractivity contribution < 1.29 is 14.3 Å². The summed E-state index contributed by atoms with van der Waals surface area (Å²) < 4.78 is 5.31. The van der Waals surface area contributed by atoms with Crippen LogP contribution in [0.1, 0.15) is 28.9 Å². The van der Waals surface area contributed by atoms with Gasteiger partial charge in [-0.1, -0.05) is 35.9 Å². The van der Waals surface area contributed by atoms with E-state index >= 15 is 0 Å². The Morgan fingerprint density at radius 3 is 2.43 bits per heavy atom. The summed E-state index contributed by atoms with van der Waals surface area (Å²) in [4.78, 5) is 29.0. The average molecular weight is 402 g/mol. The molecule has 1 N–H and O–H groups in total. The Balaban J connectivity index is 1.73. The van der Waals surface area contributed by atoms with Gasteiger partial charge in [-0.3, -0.25) is 4.79 Å². The van der Waals surface area contributed by atoms with Gasteiger partial charge in [0.1, 0.15) is 0 Å². The second kappa shape index (κ2) is 9.08. The van der Waals surface area contributed by atoms with E-state index < -0.39 is 0 Å². The molecule has 1 saturated heterocycles. The lowest BCUT2D eigenvalue weighted by Gasteiger charge is -2.28. The van der Waals surface area contributed by atoms with E-state index in [-0.39, 0.29) is 18.0 Å². The van der Waals surface area contributed by atoms with Crippen LogP contribution in [0.15, 0.2) is 48.5 Å². The van der Waals surface area contributed by atoms with E-state index in [1.807, 2.05) is 19.1 Å². The van der Waals surface area contributed by atoms with E-state index in [4.69, 9.17) is 16.3 Å². The van der Waals surface area contributed by atoms with Crippen molar-refractivity contribution >= 4 is 29.2 Å². The Kier molecular flexibility index (Phi) is 6.54. The standard InChI is InChI=1S/C21H24ClN3O3/c1-15(16-7-9-17(22)10-8-16)24(2)21(27)23-19-6-4-3-5-18(19)20(26)25-11-13-28-14-12-25/h3-10,15H,11-14H2,1-2H3,(H,23,27). The summed E-state index contributed by atoms with van der Waals surface area (Å²) in [6.07, 6.45) is 0. The molecule has 1 heterocycles. The lowest BCUT2D eigenvalue weighted by atomic mass is 10.1. The number of halogens is 1. The first kappa shape index (κ1) is 20.2. The van der Waals surface area contributed by atoms with Gasteiger partial charge >= 0.3 is 6.03 Å². The average Bonchev–Trinajstić information content (AvgIpc) is 2.73. The molecule has 0 aliphatic carbocycles. The summed E-state index contributed by atoms with van der Waals surface area (Å²) in [5.74, 6) is -0.104. The van der Waals surface area contributed by atoms with Crippen LogP contribution in [-0.4, -0.2) is 55.1 Å². The number of urea groups is 1. The summed E-state index contributed by atoms with van der Waals surface area (Å²) in [5.41, 5.74) is 1.95. The van der Waals surface area contributed by atoms with Gasteiger partial charge in [-0.05, 0) is 36.8 Å². The van der Waals surface area contributed by atoms with Crippen LogP contribution in [0.2, 0.25) is 5.02 Å². The Labute approximate surface area is 170 Å². The van der Waals surface area contributed by atoms with E-state index in [1.165, 1.54) is 0 Å². The SMILES string of the molecule is CC(c1ccc(Cl)cc1)N(C)C(=O)Nc1ccccc1C(=O)N1CCOCC1. The van der Waals surface area contributed by atoms with Gasteiger partial charge in [0.15, 0.2) is 0 Å². The second-order valence-corrected chi connectivity index (χ2v) is 7.16. The van der Waals surface area contributed by atoms with Crippen LogP contribution in [0, 0.1) is 0 Å². The number of hydrogen-bond acceptors (Lipinski definition) is 3. The minimum atomic E-state index is -0.287. The van der Waals surface area contributed by atoms with Gasteiger partial charge in [-0.15, -0.1) is 0 Å². The molecule has 0 radical (unpaired) electrons. The molecule has 2 aromatic rings. The van der Waals surface area contributed by atoms with Crippen LogP contribution in [0.4, 0.5) is 10.5 Å². The normalized spacial score (nSPS) is 15.0. The highest BCUT2D eigenvalue weighted by atomic mass is 35.5. The molecule has 3 rings (SSSR count). The van der Waals surface area contributed by atoms with Crippen molar-refractivity contribution in [2.24, 2.45) is 0 Å². The highest BCUT2D eigenvalue weighted by molar-refractivity contribution is 6.30. The molecule has 28 heavy (non-hydrogen) atoms. The molecule has 7 heteroatoms. The minimum absolute atomic E-state index is 0.104. The highest BCUT2D eigenvalue weighted by Crippen LogP contribution is 2.23. The zero-order valence-electron chi connectivity index (χ0n) is 16.0. The Bertz CT molecular complexity index is 835. The summed E-state index contributed by atoms with van der Waals surface area (Å²) in [7, 11) is 1.72. The van der Waals surface area contributed by atoms with E-state index in [1.54, 1.807) is 53.2 Å². The smallest absolute Gasteiger partial charge is 0.322 e. The third kappa shape index (κ3) is 4.64. The predicted octanol–water partition coefficient (Wildman–Crippen LogP) is 4.04. The van der Waals surface area contributed by atoms with Crippen LogP contribution < -0.4 is 5.32 Å². The molecule has 0 bridgehead atoms. The fourth-order valence-electron chi connectivity index (χ4n) is 3.06. The Morgan fingerprint density at radius 2 is 1.75 bits per heavy atom. The van der Waals surface area contributed by atoms with Gasteiger partial charge in [0.05, 0.1) is 30.5 Å². The predicted molar refractivity (Wildman–Crippen MR) is 110 cm³/mol. The van der Waals surface area contributed by atoms with Crippen molar-refractivity contribution in [3.8, 4) is 0 Å². The van der Waals surface area contributed by atoms with Crippen LogP contribution in [0.25, 0.3) is 0 Å². The number of rotatable bonds is 4. The van der Waals surface area contributed by atoms with Gasteiger partial charge in [-0.2, -0.15) is 0 Å². The van der Waals surface area contributed by atoms with Crippen molar-refractivity contribution in [2.45, 2.75) is 13.0 Å². The molecule has 1 unspecified atom stereocenters. The second-order valence-electron chi connectivity index (χ2n) is 6.72. The summed E-state index contributed by atoms with van der Waals surface area (Å²) in [6, 6.07) is 14.0. The van der Waals surface area contributed by atoms with Gasteiger partial charge in [-0.25, -0.2) is 4.79 Å². The van der Waals surface area contributed by atoms with Gasteiger partial charge in [0.25, 0.3) is 5.91 Å². The first-order valence-electron chi connectivity index (χ1n) is 9.22. The number of hydrogen-bond donors (Lipinski definition) is 1. The number of carbonyl (C=O) groups is 2. The molecule has 1 aliphatic heterocycles. The van der Waals surface area contributed by atoms with Crippen LogP contribution in [0.5, 0.6) is 0 Å². The number of carbonyl (C=O) groups excluding carboxylic acids is 2. The van der Waals surface area contributed by atoms with Crippen LogP contribution in [-0.2, 0) is 4.74 Å². The number of ether oxygens (including phenoxy) is 1. The minimum Gasteiger partial charge on any atom is -0.378 e. The number of morpholine rings is 1. The number of anilines is 1. The van der Waals surface area contributed by atoms with E-state index in [0.717, 1.165) is 5.56 Å². The number of amides is 3. The maximum absolute atomic E-state index is 12.9. The molecule has 3 amide bonds. The molecule has 2 aromatic carbocycles. The first-order chi connectivity index (χ1) is 13.5. The topological polar surface area (TPSA) is 61.9 Å². The molecule has 1 atom stereocenters. The lowest BCUT2D eigenvalue weighted by molar-refractivity contribution is 0.0303. The molecule has 0 aromatic heterocycles. The molecular formula is C21H24ClN3O3. The third-order valence-electron chi connectivity index (χ3n) is 4.95. The zero-order chi connectivity index (χ0) is 20.1. The maximum atomic E-state index is 12.9. The van der Waals surface area contributed by atoms with E-state index in [9.17, 15) is 9.59 Å². The Morgan fingerprint density at radius 1 is 1.11 bits per heavy atom. The number of nitrogens with zero attached hydrogens (tertiary/aromatic N) is 2. The Hall–Kier alpha value is -2.57. The maximum Gasteiger partial charge on any atom is 0.322 e. The van der Waals surface area contributed by atoms with Crippen molar-refractivity contribution in [3.63, 3.8) is 0 Å². The largest absolute Gasteiger partial charge is 0.378 e. The van der Waals surface area contributed by atoms with Crippen molar-refractivity contribution in [1.82, 2.24) is 9.80 Å². The molecule has 0 spiro atoms. The van der Waals surface area contributed by atoms with E-state index in [0.29, 0.717) is 42.6 Å². The fourth-order valence-corrected chi connectivity index (χ4v) is 3.19. The van der Waals surface area contributed by atoms with Gasteiger partial charge < -0.3 is 19.9 Å².